The zero-order valence-corrected chi connectivity index (χ0v) is 9.37. The van der Waals surface area contributed by atoms with Crippen molar-refractivity contribution in [3.05, 3.63) is 70.3 Å². The zero-order valence-electron chi connectivity index (χ0n) is 9.37. The Balaban J connectivity index is 2.29. The SMILES string of the molecule is O=C(C=Cc1ccccc1)c1c(O)ccoc1=O. The van der Waals surface area contributed by atoms with Crippen molar-refractivity contribution in [2.24, 2.45) is 0 Å². The third-order valence-electron chi connectivity index (χ3n) is 2.33. The average Bonchev–Trinajstić information content (AvgIpc) is 2.37. The monoisotopic (exact) mass is 242 g/mol. The lowest BCUT2D eigenvalue weighted by Gasteiger charge is -1.97. The van der Waals surface area contributed by atoms with E-state index in [1.165, 1.54) is 6.08 Å². The van der Waals surface area contributed by atoms with Crippen LogP contribution in [0.15, 0.2) is 57.9 Å². The molecule has 0 unspecified atom stereocenters. The normalized spacial score (nSPS) is 10.7. The molecule has 0 bridgehead atoms. The predicted molar refractivity (Wildman–Crippen MR) is 66.4 cm³/mol. The third-order valence-corrected chi connectivity index (χ3v) is 2.33. The first-order valence-corrected chi connectivity index (χ1v) is 5.27. The molecule has 0 spiro atoms. The summed E-state index contributed by atoms with van der Waals surface area (Å²) in [4.78, 5) is 23.1. The second kappa shape index (κ2) is 5.14. The molecule has 0 saturated heterocycles. The lowest BCUT2D eigenvalue weighted by atomic mass is 10.1. The first-order chi connectivity index (χ1) is 8.68. The Morgan fingerprint density at radius 1 is 1.17 bits per heavy atom. The average molecular weight is 242 g/mol. The number of allylic oxidation sites excluding steroid dienone is 1. The fraction of sp³-hybridized carbons (Fsp3) is 0. The van der Waals surface area contributed by atoms with E-state index in [2.05, 4.69) is 4.42 Å². The number of aromatic hydroxyl groups is 1. The third kappa shape index (κ3) is 2.55. The van der Waals surface area contributed by atoms with E-state index in [1.807, 2.05) is 30.3 Å². The van der Waals surface area contributed by atoms with E-state index in [0.717, 1.165) is 17.9 Å². The number of carbonyl (C=O) groups excluding carboxylic acids is 1. The lowest BCUT2D eigenvalue weighted by molar-refractivity contribution is 0.104. The molecule has 1 heterocycles. The Kier molecular flexibility index (Phi) is 3.38. The number of hydrogen-bond acceptors (Lipinski definition) is 4. The smallest absolute Gasteiger partial charge is 0.350 e. The van der Waals surface area contributed by atoms with Gasteiger partial charge in [-0.05, 0) is 11.6 Å². The Morgan fingerprint density at radius 3 is 2.56 bits per heavy atom. The van der Waals surface area contributed by atoms with Crippen molar-refractivity contribution in [2.45, 2.75) is 0 Å². The van der Waals surface area contributed by atoms with E-state index in [0.29, 0.717) is 0 Å². The van der Waals surface area contributed by atoms with Crippen molar-refractivity contribution < 1.29 is 14.3 Å². The highest BCUT2D eigenvalue weighted by Gasteiger charge is 2.14. The molecule has 1 N–H and O–H groups in total. The van der Waals surface area contributed by atoms with Gasteiger partial charge < -0.3 is 9.52 Å². The second-order valence-electron chi connectivity index (χ2n) is 3.58. The van der Waals surface area contributed by atoms with E-state index in [-0.39, 0.29) is 11.3 Å². The highest BCUT2D eigenvalue weighted by Crippen LogP contribution is 2.13. The van der Waals surface area contributed by atoms with Crippen LogP contribution in [0.5, 0.6) is 5.75 Å². The van der Waals surface area contributed by atoms with E-state index < -0.39 is 11.4 Å². The summed E-state index contributed by atoms with van der Waals surface area (Å²) >= 11 is 0. The van der Waals surface area contributed by atoms with E-state index in [9.17, 15) is 14.7 Å². The minimum absolute atomic E-state index is 0.357. The molecule has 18 heavy (non-hydrogen) atoms. The summed E-state index contributed by atoms with van der Waals surface area (Å²) in [5.41, 5.74) is -0.381. The van der Waals surface area contributed by atoms with Gasteiger partial charge in [-0.2, -0.15) is 0 Å². The molecule has 0 radical (unpaired) electrons. The van der Waals surface area contributed by atoms with Crippen LogP contribution in [-0.2, 0) is 0 Å². The van der Waals surface area contributed by atoms with E-state index in [4.69, 9.17) is 0 Å². The summed E-state index contributed by atoms with van der Waals surface area (Å²) in [6, 6.07) is 10.3. The van der Waals surface area contributed by atoms with Gasteiger partial charge in [0.1, 0.15) is 11.3 Å². The van der Waals surface area contributed by atoms with Crippen molar-refractivity contribution in [2.75, 3.05) is 0 Å². The summed E-state index contributed by atoms with van der Waals surface area (Å²) in [6.45, 7) is 0. The summed E-state index contributed by atoms with van der Waals surface area (Å²) in [5, 5.41) is 9.44. The Bertz CT molecular complexity index is 638. The lowest BCUT2D eigenvalue weighted by Crippen LogP contribution is -2.11. The summed E-state index contributed by atoms with van der Waals surface area (Å²) in [6.07, 6.45) is 3.82. The standard InChI is InChI=1S/C14H10O4/c15-11(7-6-10-4-2-1-3-5-10)13-12(16)8-9-18-14(13)17/h1-9,16H. The van der Waals surface area contributed by atoms with Crippen LogP contribution in [-0.4, -0.2) is 10.9 Å². The van der Waals surface area contributed by atoms with Crippen molar-refractivity contribution in [1.82, 2.24) is 0 Å². The minimum atomic E-state index is -0.849. The van der Waals surface area contributed by atoms with Crippen molar-refractivity contribution >= 4 is 11.9 Å². The summed E-state index contributed by atoms with van der Waals surface area (Å²) in [5.74, 6) is -0.973. The molecule has 0 saturated carbocycles. The molecule has 2 rings (SSSR count). The molecule has 1 aromatic heterocycles. The zero-order chi connectivity index (χ0) is 13.0. The van der Waals surface area contributed by atoms with Crippen molar-refractivity contribution in [3.8, 4) is 5.75 Å². The van der Waals surface area contributed by atoms with Crippen LogP contribution in [0, 0.1) is 0 Å². The molecule has 0 amide bonds. The van der Waals surface area contributed by atoms with Crippen molar-refractivity contribution in [3.63, 3.8) is 0 Å². The number of benzene rings is 1. The highest BCUT2D eigenvalue weighted by atomic mass is 16.4. The second-order valence-corrected chi connectivity index (χ2v) is 3.58. The maximum absolute atomic E-state index is 11.8. The fourth-order valence-corrected chi connectivity index (χ4v) is 1.45. The van der Waals surface area contributed by atoms with Crippen LogP contribution in [0.1, 0.15) is 15.9 Å². The van der Waals surface area contributed by atoms with Gasteiger partial charge in [0, 0.05) is 6.07 Å². The van der Waals surface area contributed by atoms with Gasteiger partial charge in [-0.15, -0.1) is 0 Å². The summed E-state index contributed by atoms with van der Waals surface area (Å²) < 4.78 is 4.54. The van der Waals surface area contributed by atoms with Gasteiger partial charge >= 0.3 is 5.63 Å². The molecular formula is C14H10O4. The molecule has 0 aliphatic carbocycles. The molecule has 4 nitrogen and oxygen atoms in total. The highest BCUT2D eigenvalue weighted by molar-refractivity contribution is 6.08. The number of hydrogen-bond donors (Lipinski definition) is 1. The molecule has 1 aromatic carbocycles. The number of ketones is 1. The first kappa shape index (κ1) is 11.9. The quantitative estimate of drug-likeness (QED) is 0.662. The van der Waals surface area contributed by atoms with Crippen LogP contribution in [0.4, 0.5) is 0 Å². The molecule has 0 fully saturated rings. The topological polar surface area (TPSA) is 67.5 Å². The first-order valence-electron chi connectivity index (χ1n) is 5.27. The van der Waals surface area contributed by atoms with Crippen LogP contribution in [0.3, 0.4) is 0 Å². The molecule has 0 aliphatic rings. The van der Waals surface area contributed by atoms with Gasteiger partial charge in [-0.3, -0.25) is 4.79 Å². The van der Waals surface area contributed by atoms with Crippen LogP contribution in [0.25, 0.3) is 6.08 Å². The minimum Gasteiger partial charge on any atom is -0.507 e. The van der Waals surface area contributed by atoms with Crippen LogP contribution in [0.2, 0.25) is 0 Å². The largest absolute Gasteiger partial charge is 0.507 e. The molecular weight excluding hydrogens is 232 g/mol. The maximum atomic E-state index is 11.8. The van der Waals surface area contributed by atoms with Gasteiger partial charge in [0.15, 0.2) is 5.78 Å². The fourth-order valence-electron chi connectivity index (χ4n) is 1.45. The van der Waals surface area contributed by atoms with Crippen LogP contribution >= 0.6 is 0 Å². The molecule has 0 aliphatic heterocycles. The Labute approximate surface area is 103 Å². The molecule has 90 valence electrons. The Hall–Kier alpha value is -2.62. The van der Waals surface area contributed by atoms with Crippen molar-refractivity contribution in [1.29, 1.82) is 0 Å². The number of rotatable bonds is 3. The number of carbonyl (C=O) groups is 1. The van der Waals surface area contributed by atoms with Gasteiger partial charge in [0.05, 0.1) is 6.26 Å². The molecule has 4 heteroatoms. The van der Waals surface area contributed by atoms with Gasteiger partial charge in [0.2, 0.25) is 0 Å². The molecule has 2 aromatic rings. The van der Waals surface area contributed by atoms with E-state index in [1.54, 1.807) is 6.08 Å². The van der Waals surface area contributed by atoms with Gasteiger partial charge in [0.25, 0.3) is 0 Å². The van der Waals surface area contributed by atoms with Crippen LogP contribution < -0.4 is 5.63 Å². The summed E-state index contributed by atoms with van der Waals surface area (Å²) in [7, 11) is 0. The van der Waals surface area contributed by atoms with Gasteiger partial charge in [-0.1, -0.05) is 36.4 Å². The maximum Gasteiger partial charge on any atom is 0.350 e. The van der Waals surface area contributed by atoms with E-state index >= 15 is 0 Å². The molecule has 0 atom stereocenters. The predicted octanol–water partition coefficient (Wildman–Crippen LogP) is 2.24. The Morgan fingerprint density at radius 2 is 1.89 bits per heavy atom. The van der Waals surface area contributed by atoms with Gasteiger partial charge in [-0.25, -0.2) is 4.79 Å².